The van der Waals surface area contributed by atoms with Crippen molar-refractivity contribution in [2.75, 3.05) is 10.7 Å². The zero-order valence-corrected chi connectivity index (χ0v) is 15.0. The molecular formula is C17H14ClNO2S2. The molecule has 1 aliphatic heterocycles. The monoisotopic (exact) mass is 363 g/mol. The van der Waals surface area contributed by atoms with Crippen molar-refractivity contribution in [1.29, 1.82) is 0 Å². The minimum Gasteiger partial charge on any atom is -0.268 e. The van der Waals surface area contributed by atoms with Gasteiger partial charge in [0.25, 0.3) is 11.8 Å². The van der Waals surface area contributed by atoms with Crippen LogP contribution in [-0.2, 0) is 9.59 Å². The SMILES string of the molecule is CCSC1=C(c2cccs2)C(=O)N(c2ccc(Cl)cc2C)C1=O. The number of imide groups is 1. The lowest BCUT2D eigenvalue weighted by molar-refractivity contribution is -0.119. The number of thioether (sulfide) groups is 1. The number of halogens is 1. The normalized spacial score (nSPS) is 15.0. The fourth-order valence-electron chi connectivity index (χ4n) is 2.51. The summed E-state index contributed by atoms with van der Waals surface area (Å²) in [6.07, 6.45) is 0. The molecule has 3 nitrogen and oxygen atoms in total. The third-order valence-electron chi connectivity index (χ3n) is 3.50. The Balaban J connectivity index is 2.10. The minimum atomic E-state index is -0.265. The van der Waals surface area contributed by atoms with Gasteiger partial charge in [-0.2, -0.15) is 0 Å². The van der Waals surface area contributed by atoms with Gasteiger partial charge in [-0.1, -0.05) is 24.6 Å². The summed E-state index contributed by atoms with van der Waals surface area (Å²) in [5.41, 5.74) is 1.89. The Morgan fingerprint density at radius 2 is 2.00 bits per heavy atom. The quantitative estimate of drug-likeness (QED) is 0.736. The molecule has 0 bridgehead atoms. The Morgan fingerprint density at radius 1 is 1.22 bits per heavy atom. The average molecular weight is 364 g/mol. The average Bonchev–Trinajstić information content (AvgIpc) is 3.09. The molecule has 23 heavy (non-hydrogen) atoms. The van der Waals surface area contributed by atoms with E-state index in [1.54, 1.807) is 18.2 Å². The largest absolute Gasteiger partial charge is 0.272 e. The summed E-state index contributed by atoms with van der Waals surface area (Å²) in [5, 5.41) is 2.49. The number of hydrogen-bond donors (Lipinski definition) is 0. The molecule has 0 fully saturated rings. The van der Waals surface area contributed by atoms with Gasteiger partial charge in [0.1, 0.15) is 0 Å². The summed E-state index contributed by atoms with van der Waals surface area (Å²) >= 11 is 8.86. The van der Waals surface area contributed by atoms with E-state index in [-0.39, 0.29) is 11.8 Å². The lowest BCUT2D eigenvalue weighted by Gasteiger charge is -2.17. The number of nitrogens with zero attached hydrogens (tertiary/aromatic N) is 1. The van der Waals surface area contributed by atoms with Gasteiger partial charge in [-0.05, 0) is 47.9 Å². The van der Waals surface area contributed by atoms with E-state index in [9.17, 15) is 9.59 Å². The van der Waals surface area contributed by atoms with Crippen LogP contribution < -0.4 is 4.90 Å². The number of carbonyl (C=O) groups is 2. The second-order valence-electron chi connectivity index (χ2n) is 4.99. The number of rotatable bonds is 4. The second-order valence-corrected chi connectivity index (χ2v) is 7.65. The third kappa shape index (κ3) is 2.84. The number of carbonyl (C=O) groups excluding carboxylic acids is 2. The number of anilines is 1. The highest BCUT2D eigenvalue weighted by molar-refractivity contribution is 8.04. The summed E-state index contributed by atoms with van der Waals surface area (Å²) in [5.74, 6) is 0.214. The van der Waals surface area contributed by atoms with Crippen molar-refractivity contribution in [3.05, 3.63) is 56.1 Å². The Morgan fingerprint density at radius 3 is 2.61 bits per heavy atom. The fourth-order valence-corrected chi connectivity index (χ4v) is 4.42. The first kappa shape index (κ1) is 16.3. The standard InChI is InChI=1S/C17H14ClNO2S2/c1-3-22-15-14(13-5-4-8-23-13)16(20)19(17(15)21)12-7-6-11(18)9-10(12)2/h4-9H,3H2,1-2H3. The summed E-state index contributed by atoms with van der Waals surface area (Å²) in [4.78, 5) is 28.4. The summed E-state index contributed by atoms with van der Waals surface area (Å²) in [6, 6.07) is 8.93. The topological polar surface area (TPSA) is 37.4 Å². The maximum Gasteiger partial charge on any atom is 0.272 e. The van der Waals surface area contributed by atoms with Gasteiger partial charge in [0.05, 0.1) is 16.2 Å². The fraction of sp³-hybridized carbons (Fsp3) is 0.176. The molecule has 0 aliphatic carbocycles. The van der Waals surface area contributed by atoms with E-state index in [0.29, 0.717) is 21.2 Å². The van der Waals surface area contributed by atoms with Crippen molar-refractivity contribution >= 4 is 57.8 Å². The Labute approximate surface area is 147 Å². The number of amides is 2. The van der Waals surface area contributed by atoms with Crippen molar-refractivity contribution < 1.29 is 9.59 Å². The highest BCUT2D eigenvalue weighted by Gasteiger charge is 2.40. The van der Waals surface area contributed by atoms with Gasteiger partial charge in [0.15, 0.2) is 0 Å². The zero-order chi connectivity index (χ0) is 16.6. The molecule has 3 rings (SSSR count). The Bertz CT molecular complexity index is 812. The molecule has 1 aromatic carbocycles. The molecule has 0 atom stereocenters. The van der Waals surface area contributed by atoms with Gasteiger partial charge in [-0.3, -0.25) is 9.59 Å². The Hall–Kier alpha value is -1.56. The van der Waals surface area contributed by atoms with E-state index in [1.807, 2.05) is 31.4 Å². The molecule has 118 valence electrons. The van der Waals surface area contributed by atoms with Gasteiger partial charge in [-0.15, -0.1) is 23.1 Å². The van der Waals surface area contributed by atoms with E-state index >= 15 is 0 Å². The summed E-state index contributed by atoms with van der Waals surface area (Å²) in [7, 11) is 0. The molecule has 2 amide bonds. The van der Waals surface area contributed by atoms with Crippen LogP contribution in [0.25, 0.3) is 5.57 Å². The second kappa shape index (κ2) is 6.51. The van der Waals surface area contributed by atoms with Crippen LogP contribution in [0.1, 0.15) is 17.4 Å². The van der Waals surface area contributed by atoms with Crippen molar-refractivity contribution in [2.45, 2.75) is 13.8 Å². The molecule has 0 unspecified atom stereocenters. The molecule has 0 saturated heterocycles. The molecular weight excluding hydrogens is 350 g/mol. The van der Waals surface area contributed by atoms with E-state index < -0.39 is 0 Å². The summed E-state index contributed by atoms with van der Waals surface area (Å²) < 4.78 is 0. The van der Waals surface area contributed by atoms with Gasteiger partial charge < -0.3 is 0 Å². The van der Waals surface area contributed by atoms with Gasteiger partial charge in [-0.25, -0.2) is 4.90 Å². The van der Waals surface area contributed by atoms with Crippen LogP contribution in [0.15, 0.2) is 40.6 Å². The van der Waals surface area contributed by atoms with Crippen LogP contribution in [0.5, 0.6) is 0 Å². The molecule has 1 aromatic heterocycles. The lowest BCUT2D eigenvalue weighted by Crippen LogP contribution is -2.31. The zero-order valence-electron chi connectivity index (χ0n) is 12.6. The molecule has 1 aliphatic rings. The maximum atomic E-state index is 12.9. The van der Waals surface area contributed by atoms with Crippen molar-refractivity contribution in [3.8, 4) is 0 Å². The molecule has 0 N–H and O–H groups in total. The highest BCUT2D eigenvalue weighted by atomic mass is 35.5. The minimum absolute atomic E-state index is 0.254. The molecule has 6 heteroatoms. The van der Waals surface area contributed by atoms with E-state index in [2.05, 4.69) is 0 Å². The molecule has 0 radical (unpaired) electrons. The highest BCUT2D eigenvalue weighted by Crippen LogP contribution is 2.40. The van der Waals surface area contributed by atoms with E-state index in [0.717, 1.165) is 16.2 Å². The van der Waals surface area contributed by atoms with Gasteiger partial charge in [0, 0.05) is 9.90 Å². The predicted molar refractivity (Wildman–Crippen MR) is 98.1 cm³/mol. The van der Waals surface area contributed by atoms with Crippen LogP contribution in [0.2, 0.25) is 5.02 Å². The number of hydrogen-bond acceptors (Lipinski definition) is 4. The molecule has 0 spiro atoms. The maximum absolute atomic E-state index is 12.9. The van der Waals surface area contributed by atoms with Crippen LogP contribution in [0.3, 0.4) is 0 Å². The van der Waals surface area contributed by atoms with Crippen LogP contribution in [0.4, 0.5) is 5.69 Å². The summed E-state index contributed by atoms with van der Waals surface area (Å²) in [6.45, 7) is 3.81. The van der Waals surface area contributed by atoms with Crippen LogP contribution in [0, 0.1) is 6.92 Å². The van der Waals surface area contributed by atoms with Crippen molar-refractivity contribution in [1.82, 2.24) is 0 Å². The first-order chi connectivity index (χ1) is 11.0. The smallest absolute Gasteiger partial charge is 0.268 e. The third-order valence-corrected chi connectivity index (χ3v) is 5.58. The van der Waals surface area contributed by atoms with Gasteiger partial charge in [0.2, 0.25) is 0 Å². The first-order valence-corrected chi connectivity index (χ1v) is 9.34. The first-order valence-electron chi connectivity index (χ1n) is 7.10. The van der Waals surface area contributed by atoms with E-state index in [4.69, 9.17) is 11.6 Å². The van der Waals surface area contributed by atoms with E-state index in [1.165, 1.54) is 28.0 Å². The lowest BCUT2D eigenvalue weighted by atomic mass is 10.1. The number of benzene rings is 1. The molecule has 2 heterocycles. The van der Waals surface area contributed by atoms with Gasteiger partial charge >= 0.3 is 0 Å². The number of aryl methyl sites for hydroxylation is 1. The molecule has 0 saturated carbocycles. The number of thiophene rings is 1. The predicted octanol–water partition coefficient (Wildman–Crippen LogP) is 4.75. The van der Waals surface area contributed by atoms with Crippen LogP contribution in [-0.4, -0.2) is 17.6 Å². The van der Waals surface area contributed by atoms with Crippen molar-refractivity contribution in [3.63, 3.8) is 0 Å². The molecule has 2 aromatic rings. The van der Waals surface area contributed by atoms with Crippen molar-refractivity contribution in [2.24, 2.45) is 0 Å². The van der Waals surface area contributed by atoms with Crippen LogP contribution >= 0.6 is 34.7 Å². The Kier molecular flexibility index (Phi) is 4.62.